The lowest BCUT2D eigenvalue weighted by atomic mass is 9.76. The number of carbonyl (C=O) groups is 2. The van der Waals surface area contributed by atoms with E-state index in [1.165, 1.54) is 0 Å². The first-order valence-corrected chi connectivity index (χ1v) is 9.72. The summed E-state index contributed by atoms with van der Waals surface area (Å²) in [6.07, 6.45) is 1.33. The van der Waals surface area contributed by atoms with Crippen LogP contribution in [0.3, 0.4) is 0 Å². The Balaban J connectivity index is 2.12. The van der Waals surface area contributed by atoms with Gasteiger partial charge in [-0.2, -0.15) is 0 Å². The van der Waals surface area contributed by atoms with E-state index in [-0.39, 0.29) is 30.9 Å². The van der Waals surface area contributed by atoms with E-state index in [1.54, 1.807) is 20.8 Å². The fraction of sp³-hybridized carbons (Fsp3) is 0.895. The highest BCUT2D eigenvalue weighted by Gasteiger charge is 2.44. The van der Waals surface area contributed by atoms with Crippen LogP contribution in [0.4, 0.5) is 13.6 Å². The molecule has 2 amide bonds. The number of rotatable bonds is 4. The van der Waals surface area contributed by atoms with Gasteiger partial charge in [-0.1, -0.05) is 6.92 Å². The monoisotopic (exact) mass is 390 g/mol. The number of alkyl carbamates (subject to hydrolysis) is 1. The van der Waals surface area contributed by atoms with Gasteiger partial charge in [0.05, 0.1) is 12.6 Å². The molecule has 0 aromatic heterocycles. The third kappa shape index (κ3) is 6.30. The number of carbonyl (C=O) groups excluding carboxylic acids is 2. The molecule has 2 rings (SSSR count). The van der Waals surface area contributed by atoms with E-state index in [0.717, 1.165) is 17.7 Å². The summed E-state index contributed by atoms with van der Waals surface area (Å²) >= 11 is 0. The number of likely N-dealkylation sites (tertiary alicyclic amines) is 1. The summed E-state index contributed by atoms with van der Waals surface area (Å²) in [5.74, 6) is -3.49. The largest absolute Gasteiger partial charge is 0.444 e. The van der Waals surface area contributed by atoms with Crippen molar-refractivity contribution < 1.29 is 28.2 Å². The summed E-state index contributed by atoms with van der Waals surface area (Å²) in [7, 11) is 0. The first-order valence-electron chi connectivity index (χ1n) is 9.72. The van der Waals surface area contributed by atoms with Crippen molar-refractivity contribution in [3.8, 4) is 0 Å². The van der Waals surface area contributed by atoms with Crippen molar-refractivity contribution in [2.45, 2.75) is 83.5 Å². The molecule has 1 heterocycles. The second-order valence-corrected chi connectivity index (χ2v) is 8.92. The average molecular weight is 390 g/mol. The zero-order chi connectivity index (χ0) is 20.4. The second kappa shape index (κ2) is 8.29. The van der Waals surface area contributed by atoms with E-state index in [9.17, 15) is 23.5 Å². The van der Waals surface area contributed by atoms with E-state index in [4.69, 9.17) is 4.74 Å². The quantitative estimate of drug-likeness (QED) is 0.774. The molecule has 27 heavy (non-hydrogen) atoms. The normalized spacial score (nSPS) is 27.7. The van der Waals surface area contributed by atoms with Gasteiger partial charge < -0.3 is 20.1 Å². The predicted molar refractivity (Wildman–Crippen MR) is 96.4 cm³/mol. The Labute approximate surface area is 159 Å². The van der Waals surface area contributed by atoms with Crippen molar-refractivity contribution in [2.75, 3.05) is 13.1 Å². The molecule has 2 N–H and O–H groups in total. The van der Waals surface area contributed by atoms with Crippen LogP contribution in [0.1, 0.15) is 59.8 Å². The highest BCUT2D eigenvalue weighted by Crippen LogP contribution is 2.34. The highest BCUT2D eigenvalue weighted by atomic mass is 19.3. The van der Waals surface area contributed by atoms with Crippen LogP contribution in [-0.4, -0.2) is 58.8 Å². The number of aliphatic hydroxyl groups is 1. The number of nitrogens with one attached hydrogen (secondary N) is 1. The Hall–Kier alpha value is -1.44. The number of nitrogens with zero attached hydrogens (tertiary/aromatic N) is 1. The average Bonchev–Trinajstić information content (AvgIpc) is 2.90. The molecule has 1 saturated heterocycles. The van der Waals surface area contributed by atoms with Crippen molar-refractivity contribution in [2.24, 2.45) is 11.8 Å². The predicted octanol–water partition coefficient (Wildman–Crippen LogP) is 2.93. The summed E-state index contributed by atoms with van der Waals surface area (Å²) < 4.78 is 32.4. The van der Waals surface area contributed by atoms with E-state index in [0.29, 0.717) is 12.8 Å². The molecule has 0 spiro atoms. The topological polar surface area (TPSA) is 78.9 Å². The van der Waals surface area contributed by atoms with Gasteiger partial charge >= 0.3 is 6.09 Å². The Morgan fingerprint density at radius 2 is 1.81 bits per heavy atom. The van der Waals surface area contributed by atoms with E-state index < -0.39 is 36.1 Å². The number of alkyl halides is 2. The molecule has 2 atom stereocenters. The maximum atomic E-state index is 13.6. The van der Waals surface area contributed by atoms with Crippen molar-refractivity contribution in [1.82, 2.24) is 10.2 Å². The molecule has 2 fully saturated rings. The van der Waals surface area contributed by atoms with E-state index in [2.05, 4.69) is 5.32 Å². The van der Waals surface area contributed by atoms with Gasteiger partial charge in [-0.15, -0.1) is 0 Å². The van der Waals surface area contributed by atoms with Crippen LogP contribution >= 0.6 is 0 Å². The molecule has 8 heteroatoms. The van der Waals surface area contributed by atoms with Gasteiger partial charge in [0, 0.05) is 13.0 Å². The number of hydrogen-bond donors (Lipinski definition) is 2. The lowest BCUT2D eigenvalue weighted by Crippen LogP contribution is -2.54. The smallest absolute Gasteiger partial charge is 0.408 e. The molecular formula is C19H32F2N2O4. The SMILES string of the molecule is C[C@@H](C1CCC(O)CC1)[C@H](NC(=O)OC(C)(C)C)C(=O)N1CCC(F)(F)C1. The number of amides is 2. The molecule has 156 valence electrons. The highest BCUT2D eigenvalue weighted by molar-refractivity contribution is 5.86. The summed E-state index contributed by atoms with van der Waals surface area (Å²) in [5.41, 5.74) is -0.726. The number of halogens is 2. The molecule has 0 unspecified atom stereocenters. The summed E-state index contributed by atoms with van der Waals surface area (Å²) in [6, 6.07) is -0.922. The van der Waals surface area contributed by atoms with Crippen molar-refractivity contribution in [1.29, 1.82) is 0 Å². The Morgan fingerprint density at radius 3 is 2.30 bits per heavy atom. The van der Waals surface area contributed by atoms with E-state index >= 15 is 0 Å². The Bertz CT molecular complexity index is 542. The first-order chi connectivity index (χ1) is 12.4. The van der Waals surface area contributed by atoms with Crippen LogP contribution in [-0.2, 0) is 9.53 Å². The molecule has 1 aliphatic heterocycles. The van der Waals surface area contributed by atoms with Gasteiger partial charge in [0.1, 0.15) is 11.6 Å². The lowest BCUT2D eigenvalue weighted by Gasteiger charge is -2.36. The van der Waals surface area contributed by atoms with Gasteiger partial charge in [-0.3, -0.25) is 4.79 Å². The standard InChI is InChI=1S/C19H32F2N2O4/c1-12(13-5-7-14(24)8-6-13)15(22-17(26)27-18(2,3)4)16(25)23-10-9-19(20,21)11-23/h12-15,24H,5-11H2,1-4H3,(H,22,26)/t12-,13?,14?,15-/m0/s1. The molecule has 0 bridgehead atoms. The molecule has 2 aliphatic rings. The molecule has 6 nitrogen and oxygen atoms in total. The zero-order valence-corrected chi connectivity index (χ0v) is 16.6. The van der Waals surface area contributed by atoms with Crippen LogP contribution in [0.15, 0.2) is 0 Å². The van der Waals surface area contributed by atoms with Crippen LogP contribution < -0.4 is 5.32 Å². The first kappa shape index (κ1) is 21.9. The Kier molecular flexibility index (Phi) is 6.71. The minimum absolute atomic E-state index is 0.0194. The number of ether oxygens (including phenoxy) is 1. The fourth-order valence-corrected chi connectivity index (χ4v) is 3.87. The van der Waals surface area contributed by atoms with Gasteiger partial charge in [0.2, 0.25) is 5.91 Å². The maximum absolute atomic E-state index is 13.6. The molecule has 1 aliphatic carbocycles. The van der Waals surface area contributed by atoms with Crippen LogP contribution in [0.2, 0.25) is 0 Å². The van der Waals surface area contributed by atoms with Crippen LogP contribution in [0, 0.1) is 11.8 Å². The minimum atomic E-state index is -2.88. The van der Waals surface area contributed by atoms with Crippen LogP contribution in [0.25, 0.3) is 0 Å². The summed E-state index contributed by atoms with van der Waals surface area (Å²) in [4.78, 5) is 26.4. The second-order valence-electron chi connectivity index (χ2n) is 8.92. The molecule has 0 aromatic rings. The molecular weight excluding hydrogens is 358 g/mol. The van der Waals surface area contributed by atoms with Crippen molar-refractivity contribution in [3.63, 3.8) is 0 Å². The number of aliphatic hydroxyl groups excluding tert-OH is 1. The van der Waals surface area contributed by atoms with Crippen molar-refractivity contribution >= 4 is 12.0 Å². The van der Waals surface area contributed by atoms with Gasteiger partial charge in [-0.05, 0) is 58.3 Å². The zero-order valence-electron chi connectivity index (χ0n) is 16.6. The van der Waals surface area contributed by atoms with Gasteiger partial charge in [0.15, 0.2) is 0 Å². The molecule has 0 radical (unpaired) electrons. The summed E-state index contributed by atoms with van der Waals surface area (Å²) in [5, 5.41) is 12.3. The van der Waals surface area contributed by atoms with Gasteiger partial charge in [0.25, 0.3) is 5.92 Å². The molecule has 1 saturated carbocycles. The fourth-order valence-electron chi connectivity index (χ4n) is 3.87. The summed E-state index contributed by atoms with van der Waals surface area (Å²) in [6.45, 7) is 6.38. The van der Waals surface area contributed by atoms with Gasteiger partial charge in [-0.25, -0.2) is 13.6 Å². The molecule has 0 aromatic carbocycles. The van der Waals surface area contributed by atoms with Crippen LogP contribution in [0.5, 0.6) is 0 Å². The van der Waals surface area contributed by atoms with E-state index in [1.807, 2.05) is 6.92 Å². The number of hydrogen-bond acceptors (Lipinski definition) is 4. The maximum Gasteiger partial charge on any atom is 0.408 e. The third-order valence-electron chi connectivity index (χ3n) is 5.43. The minimum Gasteiger partial charge on any atom is -0.444 e. The lowest BCUT2D eigenvalue weighted by molar-refractivity contribution is -0.136. The Morgan fingerprint density at radius 1 is 1.22 bits per heavy atom. The third-order valence-corrected chi connectivity index (χ3v) is 5.43. The van der Waals surface area contributed by atoms with Crippen molar-refractivity contribution in [3.05, 3.63) is 0 Å².